The third-order valence-corrected chi connectivity index (χ3v) is 4.71. The predicted octanol–water partition coefficient (Wildman–Crippen LogP) is 2.49. The number of likely N-dealkylation sites (tertiary alicyclic amines) is 1. The van der Waals surface area contributed by atoms with E-state index in [1.165, 1.54) is 12.8 Å². The number of nitrogens with zero attached hydrogens (tertiary/aromatic N) is 4. The van der Waals surface area contributed by atoms with E-state index in [1.54, 1.807) is 0 Å². The van der Waals surface area contributed by atoms with Gasteiger partial charge < -0.3 is 14.9 Å². The first-order chi connectivity index (χ1) is 11.8. The Morgan fingerprint density at radius 1 is 1.17 bits per heavy atom. The van der Waals surface area contributed by atoms with Crippen molar-refractivity contribution in [3.05, 3.63) is 48.2 Å². The lowest BCUT2D eigenvalue weighted by molar-refractivity contribution is 0.139. The molecule has 0 aliphatic carbocycles. The average Bonchev–Trinajstić information content (AvgIpc) is 2.63. The number of para-hydroxylation sites is 1. The van der Waals surface area contributed by atoms with Crippen molar-refractivity contribution in [2.24, 2.45) is 5.92 Å². The van der Waals surface area contributed by atoms with Gasteiger partial charge in [0.2, 0.25) is 0 Å². The standard InChI is InChI=1S/C19H26N4O/c1-22(18-7-3-2-4-8-18)19-10-9-17(20-21-19)14-16-6-5-11-23(15-16)12-13-24/h2-4,7-10,16,24H,5-6,11-15H2,1H3/t16-/m0/s1. The molecular weight excluding hydrogens is 300 g/mol. The summed E-state index contributed by atoms with van der Waals surface area (Å²) in [5.74, 6) is 1.47. The number of piperidine rings is 1. The van der Waals surface area contributed by atoms with Gasteiger partial charge >= 0.3 is 0 Å². The maximum atomic E-state index is 9.10. The van der Waals surface area contributed by atoms with E-state index in [0.717, 1.165) is 43.3 Å². The number of rotatable bonds is 6. The number of anilines is 2. The predicted molar refractivity (Wildman–Crippen MR) is 96.5 cm³/mol. The van der Waals surface area contributed by atoms with Crippen molar-refractivity contribution in [1.29, 1.82) is 0 Å². The van der Waals surface area contributed by atoms with E-state index >= 15 is 0 Å². The Hall–Kier alpha value is -1.98. The van der Waals surface area contributed by atoms with Gasteiger partial charge in [0.15, 0.2) is 5.82 Å². The molecule has 1 N–H and O–H groups in total. The molecule has 5 heteroatoms. The summed E-state index contributed by atoms with van der Waals surface area (Å²) in [7, 11) is 2.01. The van der Waals surface area contributed by atoms with E-state index < -0.39 is 0 Å². The summed E-state index contributed by atoms with van der Waals surface area (Å²) in [6.45, 7) is 3.17. The van der Waals surface area contributed by atoms with Crippen LogP contribution in [0, 0.1) is 5.92 Å². The van der Waals surface area contributed by atoms with Gasteiger partial charge in [0.05, 0.1) is 12.3 Å². The molecule has 1 aromatic carbocycles. The van der Waals surface area contributed by atoms with Crippen LogP contribution >= 0.6 is 0 Å². The smallest absolute Gasteiger partial charge is 0.155 e. The molecule has 0 radical (unpaired) electrons. The Labute approximate surface area is 143 Å². The van der Waals surface area contributed by atoms with Crippen LogP contribution in [0.1, 0.15) is 18.5 Å². The third kappa shape index (κ3) is 4.30. The maximum absolute atomic E-state index is 9.10. The van der Waals surface area contributed by atoms with E-state index in [0.29, 0.717) is 5.92 Å². The van der Waals surface area contributed by atoms with Crippen molar-refractivity contribution in [3.63, 3.8) is 0 Å². The first-order valence-electron chi connectivity index (χ1n) is 8.71. The zero-order valence-electron chi connectivity index (χ0n) is 14.3. The van der Waals surface area contributed by atoms with E-state index in [1.807, 2.05) is 36.2 Å². The summed E-state index contributed by atoms with van der Waals surface area (Å²) >= 11 is 0. The van der Waals surface area contributed by atoms with Crippen molar-refractivity contribution in [3.8, 4) is 0 Å². The molecule has 0 saturated carbocycles. The van der Waals surface area contributed by atoms with Gasteiger partial charge in [-0.15, -0.1) is 5.10 Å². The first kappa shape index (κ1) is 16.9. The lowest BCUT2D eigenvalue weighted by Crippen LogP contribution is -2.38. The van der Waals surface area contributed by atoms with Crippen LogP contribution in [0.4, 0.5) is 11.5 Å². The Morgan fingerprint density at radius 3 is 2.71 bits per heavy atom. The normalized spacial score (nSPS) is 18.5. The largest absolute Gasteiger partial charge is 0.395 e. The van der Waals surface area contributed by atoms with Crippen molar-refractivity contribution in [2.75, 3.05) is 38.2 Å². The Bertz CT molecular complexity index is 615. The van der Waals surface area contributed by atoms with E-state index in [9.17, 15) is 0 Å². The molecule has 1 atom stereocenters. The van der Waals surface area contributed by atoms with Gasteiger partial charge in [0.1, 0.15) is 0 Å². The van der Waals surface area contributed by atoms with E-state index in [-0.39, 0.29) is 6.61 Å². The van der Waals surface area contributed by atoms with Crippen LogP contribution < -0.4 is 4.90 Å². The molecule has 0 spiro atoms. The van der Waals surface area contributed by atoms with Crippen molar-refractivity contribution < 1.29 is 5.11 Å². The van der Waals surface area contributed by atoms with Crippen LogP contribution in [0.25, 0.3) is 0 Å². The second kappa shape index (κ2) is 8.22. The number of benzene rings is 1. The molecule has 1 fully saturated rings. The highest BCUT2D eigenvalue weighted by Gasteiger charge is 2.20. The Balaban J connectivity index is 1.60. The molecular formula is C19H26N4O. The van der Waals surface area contributed by atoms with Crippen LogP contribution in [0.2, 0.25) is 0 Å². The van der Waals surface area contributed by atoms with Crippen molar-refractivity contribution >= 4 is 11.5 Å². The fourth-order valence-electron chi connectivity index (χ4n) is 3.38. The van der Waals surface area contributed by atoms with Crippen LogP contribution in [-0.2, 0) is 6.42 Å². The Morgan fingerprint density at radius 2 is 2.00 bits per heavy atom. The van der Waals surface area contributed by atoms with Crippen molar-refractivity contribution in [2.45, 2.75) is 19.3 Å². The van der Waals surface area contributed by atoms with Crippen molar-refractivity contribution in [1.82, 2.24) is 15.1 Å². The first-order valence-corrected chi connectivity index (χ1v) is 8.71. The molecule has 128 valence electrons. The zero-order chi connectivity index (χ0) is 16.8. The second-order valence-electron chi connectivity index (χ2n) is 6.51. The second-order valence-corrected chi connectivity index (χ2v) is 6.51. The molecule has 2 heterocycles. The topological polar surface area (TPSA) is 52.5 Å². The monoisotopic (exact) mass is 326 g/mol. The molecule has 3 rings (SSSR count). The Kier molecular flexibility index (Phi) is 5.77. The quantitative estimate of drug-likeness (QED) is 0.884. The van der Waals surface area contributed by atoms with Gasteiger partial charge in [-0.3, -0.25) is 0 Å². The lowest BCUT2D eigenvalue weighted by atomic mass is 9.93. The molecule has 1 aliphatic heterocycles. The minimum Gasteiger partial charge on any atom is -0.395 e. The van der Waals surface area contributed by atoms with Gasteiger partial charge in [0, 0.05) is 25.8 Å². The molecule has 24 heavy (non-hydrogen) atoms. The van der Waals surface area contributed by atoms with Crippen LogP contribution in [0.5, 0.6) is 0 Å². The third-order valence-electron chi connectivity index (χ3n) is 4.71. The summed E-state index contributed by atoms with van der Waals surface area (Å²) in [6, 6.07) is 14.3. The highest BCUT2D eigenvalue weighted by molar-refractivity contribution is 5.58. The summed E-state index contributed by atoms with van der Waals surface area (Å²) in [5.41, 5.74) is 2.16. The minimum absolute atomic E-state index is 0.243. The molecule has 1 saturated heterocycles. The number of hydrogen-bond acceptors (Lipinski definition) is 5. The lowest BCUT2D eigenvalue weighted by Gasteiger charge is -2.32. The zero-order valence-corrected chi connectivity index (χ0v) is 14.3. The molecule has 0 unspecified atom stereocenters. The van der Waals surface area contributed by atoms with Crippen LogP contribution in [0.15, 0.2) is 42.5 Å². The highest BCUT2D eigenvalue weighted by atomic mass is 16.3. The number of hydrogen-bond donors (Lipinski definition) is 1. The van der Waals surface area contributed by atoms with Gasteiger partial charge in [-0.25, -0.2) is 0 Å². The summed E-state index contributed by atoms with van der Waals surface area (Å²) in [6.07, 6.45) is 3.40. The van der Waals surface area contributed by atoms with Crippen LogP contribution in [-0.4, -0.2) is 53.5 Å². The SMILES string of the molecule is CN(c1ccccc1)c1ccc(C[C@@H]2CCCN(CCO)C2)nn1. The number of aliphatic hydroxyl groups is 1. The van der Waals surface area contributed by atoms with E-state index in [4.69, 9.17) is 5.11 Å². The average molecular weight is 326 g/mol. The molecule has 0 bridgehead atoms. The van der Waals surface area contributed by atoms with Gasteiger partial charge in [-0.2, -0.15) is 5.10 Å². The number of aromatic nitrogens is 2. The highest BCUT2D eigenvalue weighted by Crippen LogP contribution is 2.22. The maximum Gasteiger partial charge on any atom is 0.155 e. The fourth-order valence-corrected chi connectivity index (χ4v) is 3.38. The molecule has 5 nitrogen and oxygen atoms in total. The summed E-state index contributed by atoms with van der Waals surface area (Å²) < 4.78 is 0. The number of β-amino-alcohol motifs (C(OH)–C–C–N with tert-alkyl or cyclic N) is 1. The van der Waals surface area contributed by atoms with Crippen LogP contribution in [0.3, 0.4) is 0 Å². The van der Waals surface area contributed by atoms with Gasteiger partial charge in [0.25, 0.3) is 0 Å². The molecule has 0 amide bonds. The van der Waals surface area contributed by atoms with Gasteiger partial charge in [-0.05, 0) is 56.0 Å². The molecule has 2 aromatic rings. The van der Waals surface area contributed by atoms with Gasteiger partial charge in [-0.1, -0.05) is 18.2 Å². The summed E-state index contributed by atoms with van der Waals surface area (Å²) in [5, 5.41) is 17.9. The summed E-state index contributed by atoms with van der Waals surface area (Å²) in [4.78, 5) is 4.39. The molecule has 1 aliphatic rings. The minimum atomic E-state index is 0.243. The molecule has 1 aromatic heterocycles. The number of aliphatic hydroxyl groups excluding tert-OH is 1. The van der Waals surface area contributed by atoms with E-state index in [2.05, 4.69) is 33.3 Å². The fraction of sp³-hybridized carbons (Fsp3) is 0.474.